The van der Waals surface area contributed by atoms with Gasteiger partial charge in [0.25, 0.3) is 0 Å². The lowest BCUT2D eigenvalue weighted by Crippen LogP contribution is -2.33. The average molecular weight is 162 g/mol. The first kappa shape index (κ1) is 9.16. The molecule has 0 heterocycles. The van der Waals surface area contributed by atoms with Gasteiger partial charge in [-0.3, -0.25) is 0 Å². The minimum atomic E-state index is -0.595. The fourth-order valence-electron chi connectivity index (χ4n) is 0.371. The van der Waals surface area contributed by atoms with Crippen LogP contribution in [0.15, 0.2) is 0 Å². The van der Waals surface area contributed by atoms with Gasteiger partial charge in [-0.15, -0.1) is 0 Å². The lowest BCUT2D eigenvalue weighted by Gasteiger charge is -2.03. The van der Waals surface area contributed by atoms with Crippen LogP contribution in [-0.4, -0.2) is 24.2 Å². The van der Waals surface area contributed by atoms with Gasteiger partial charge in [0.1, 0.15) is 0 Å². The van der Waals surface area contributed by atoms with Gasteiger partial charge in [-0.05, 0) is 19.1 Å². The molecular formula is C5H10N2O2S. The fourth-order valence-corrected chi connectivity index (χ4v) is 0.561. The van der Waals surface area contributed by atoms with Crippen molar-refractivity contribution in [2.24, 2.45) is 5.73 Å². The van der Waals surface area contributed by atoms with Crippen molar-refractivity contribution in [3.63, 3.8) is 0 Å². The van der Waals surface area contributed by atoms with E-state index in [0.29, 0.717) is 11.7 Å². The molecule has 0 aromatic rings. The monoisotopic (exact) mass is 162 g/mol. The number of carbonyl (C=O) groups excluding carboxylic acids is 1. The lowest BCUT2D eigenvalue weighted by molar-refractivity contribution is 0.249. The summed E-state index contributed by atoms with van der Waals surface area (Å²) in [6, 6.07) is -0.595. The number of hydrogen-bond donors (Lipinski definition) is 2. The van der Waals surface area contributed by atoms with Crippen molar-refractivity contribution in [3.05, 3.63) is 0 Å². The SMILES string of the molecule is CCOC(=S)CNC(N)=O. The number of rotatable bonds is 3. The van der Waals surface area contributed by atoms with Crippen molar-refractivity contribution < 1.29 is 9.53 Å². The van der Waals surface area contributed by atoms with Crippen LogP contribution in [0.25, 0.3) is 0 Å². The first-order valence-electron chi connectivity index (χ1n) is 2.85. The van der Waals surface area contributed by atoms with Crippen LogP contribution in [0.4, 0.5) is 4.79 Å². The Bertz CT molecular complexity index is 138. The topological polar surface area (TPSA) is 64.3 Å². The van der Waals surface area contributed by atoms with Crippen LogP contribution in [0.3, 0.4) is 0 Å². The Morgan fingerprint density at radius 1 is 1.80 bits per heavy atom. The van der Waals surface area contributed by atoms with E-state index in [1.165, 1.54) is 0 Å². The lowest BCUT2D eigenvalue weighted by atomic mass is 10.6. The van der Waals surface area contributed by atoms with Crippen molar-refractivity contribution in [3.8, 4) is 0 Å². The number of carbonyl (C=O) groups is 1. The molecule has 0 aliphatic heterocycles. The first-order valence-corrected chi connectivity index (χ1v) is 3.26. The van der Waals surface area contributed by atoms with E-state index in [1.54, 1.807) is 0 Å². The van der Waals surface area contributed by atoms with E-state index in [1.807, 2.05) is 6.92 Å². The van der Waals surface area contributed by atoms with Gasteiger partial charge in [-0.2, -0.15) is 0 Å². The van der Waals surface area contributed by atoms with Gasteiger partial charge in [0, 0.05) is 0 Å². The first-order chi connectivity index (χ1) is 4.66. The van der Waals surface area contributed by atoms with Crippen molar-refractivity contribution >= 4 is 23.3 Å². The second kappa shape index (κ2) is 4.99. The van der Waals surface area contributed by atoms with Gasteiger partial charge in [0.2, 0.25) is 0 Å². The standard InChI is InChI=1S/C5H10N2O2S/c1-2-9-4(10)3-7-5(6)8/h2-3H2,1H3,(H3,6,7,8). The quantitative estimate of drug-likeness (QED) is 0.575. The normalized spacial score (nSPS) is 8.50. The predicted octanol–water partition coefficient (Wildman–Crippen LogP) is 0.0186. The highest BCUT2D eigenvalue weighted by Crippen LogP contribution is 1.78. The zero-order valence-corrected chi connectivity index (χ0v) is 6.53. The fraction of sp³-hybridized carbons (Fsp3) is 0.600. The molecule has 0 radical (unpaired) electrons. The summed E-state index contributed by atoms with van der Waals surface area (Å²) in [6.45, 7) is 2.54. The van der Waals surface area contributed by atoms with Crippen LogP contribution in [0.2, 0.25) is 0 Å². The smallest absolute Gasteiger partial charge is 0.312 e. The Kier molecular flexibility index (Phi) is 4.57. The highest BCUT2D eigenvalue weighted by Gasteiger charge is 1.96. The van der Waals surface area contributed by atoms with Crippen LogP contribution in [-0.2, 0) is 4.74 Å². The molecule has 0 fully saturated rings. The summed E-state index contributed by atoms with van der Waals surface area (Å²) in [5.41, 5.74) is 4.77. The highest BCUT2D eigenvalue weighted by molar-refractivity contribution is 7.80. The molecule has 4 nitrogen and oxygen atoms in total. The third-order valence-corrected chi connectivity index (χ3v) is 0.974. The maximum absolute atomic E-state index is 10.1. The molecule has 0 aromatic carbocycles. The van der Waals surface area contributed by atoms with Crippen LogP contribution in [0, 0.1) is 0 Å². The van der Waals surface area contributed by atoms with Gasteiger partial charge >= 0.3 is 6.03 Å². The molecule has 5 heteroatoms. The molecule has 10 heavy (non-hydrogen) atoms. The zero-order chi connectivity index (χ0) is 7.98. The molecule has 3 N–H and O–H groups in total. The molecule has 0 bridgehead atoms. The summed E-state index contributed by atoms with van der Waals surface area (Å²) in [6.07, 6.45) is 0. The number of hydrogen-bond acceptors (Lipinski definition) is 3. The van der Waals surface area contributed by atoms with E-state index in [9.17, 15) is 4.79 Å². The Morgan fingerprint density at radius 3 is 2.80 bits per heavy atom. The number of thiocarbonyl (C=S) groups is 1. The van der Waals surface area contributed by atoms with E-state index in [2.05, 4.69) is 17.5 Å². The summed E-state index contributed by atoms with van der Waals surface area (Å²) in [7, 11) is 0. The van der Waals surface area contributed by atoms with Crippen LogP contribution in [0.5, 0.6) is 0 Å². The molecule has 0 aliphatic carbocycles. The molecule has 0 spiro atoms. The third kappa shape index (κ3) is 5.30. The highest BCUT2D eigenvalue weighted by atomic mass is 32.1. The summed E-state index contributed by atoms with van der Waals surface area (Å²) in [5.74, 6) is 0. The molecule has 0 saturated heterocycles. The summed E-state index contributed by atoms with van der Waals surface area (Å²) >= 11 is 4.68. The maximum atomic E-state index is 10.1. The van der Waals surface area contributed by atoms with Gasteiger partial charge in [0.15, 0.2) is 5.05 Å². The summed E-state index contributed by atoms with van der Waals surface area (Å²) < 4.78 is 4.85. The Morgan fingerprint density at radius 2 is 2.40 bits per heavy atom. The number of amides is 2. The van der Waals surface area contributed by atoms with Crippen LogP contribution < -0.4 is 11.1 Å². The minimum absolute atomic E-state index is 0.207. The third-order valence-electron chi connectivity index (χ3n) is 0.712. The van der Waals surface area contributed by atoms with Crippen LogP contribution >= 0.6 is 12.2 Å². The molecule has 2 amide bonds. The van der Waals surface area contributed by atoms with Gasteiger partial charge in [0.05, 0.1) is 13.2 Å². The largest absolute Gasteiger partial charge is 0.485 e. The van der Waals surface area contributed by atoms with Gasteiger partial charge < -0.3 is 15.8 Å². The maximum Gasteiger partial charge on any atom is 0.312 e. The van der Waals surface area contributed by atoms with Crippen LogP contribution in [0.1, 0.15) is 6.92 Å². The molecule has 0 rings (SSSR count). The average Bonchev–Trinajstić information content (AvgIpc) is 1.85. The van der Waals surface area contributed by atoms with Gasteiger partial charge in [-0.1, -0.05) is 0 Å². The van der Waals surface area contributed by atoms with E-state index in [0.717, 1.165) is 0 Å². The van der Waals surface area contributed by atoms with E-state index < -0.39 is 6.03 Å². The number of nitrogens with two attached hydrogens (primary N) is 1. The number of nitrogens with one attached hydrogen (secondary N) is 1. The number of primary amides is 1. The molecule has 0 aliphatic rings. The molecule has 0 unspecified atom stereocenters. The predicted molar refractivity (Wildman–Crippen MR) is 41.8 cm³/mol. The van der Waals surface area contributed by atoms with Crippen molar-refractivity contribution in [2.75, 3.05) is 13.2 Å². The molecule has 58 valence electrons. The number of urea groups is 1. The summed E-state index contributed by atoms with van der Waals surface area (Å²) in [4.78, 5) is 10.1. The van der Waals surface area contributed by atoms with E-state index >= 15 is 0 Å². The zero-order valence-electron chi connectivity index (χ0n) is 5.72. The second-order valence-corrected chi connectivity index (χ2v) is 1.98. The minimum Gasteiger partial charge on any atom is -0.485 e. The summed E-state index contributed by atoms with van der Waals surface area (Å²) in [5, 5.41) is 2.65. The Labute approximate surface area is 64.7 Å². The van der Waals surface area contributed by atoms with E-state index in [-0.39, 0.29) is 6.54 Å². The second-order valence-electron chi connectivity index (χ2n) is 1.52. The number of ether oxygens (including phenoxy) is 1. The van der Waals surface area contributed by atoms with Crippen molar-refractivity contribution in [1.29, 1.82) is 0 Å². The molecule has 0 atom stereocenters. The molecule has 0 aromatic heterocycles. The Balaban J connectivity index is 3.30. The van der Waals surface area contributed by atoms with Gasteiger partial charge in [-0.25, -0.2) is 4.79 Å². The Hall–Kier alpha value is -0.840. The molecule has 0 saturated carbocycles. The van der Waals surface area contributed by atoms with E-state index in [4.69, 9.17) is 10.5 Å². The van der Waals surface area contributed by atoms with Crippen molar-refractivity contribution in [1.82, 2.24) is 5.32 Å². The molecular weight excluding hydrogens is 152 g/mol. The van der Waals surface area contributed by atoms with Crippen molar-refractivity contribution in [2.45, 2.75) is 6.92 Å².